The number of amides is 1. The van der Waals surface area contributed by atoms with E-state index in [0.29, 0.717) is 6.42 Å². The molecule has 0 aromatic carbocycles. The first-order valence-electron chi connectivity index (χ1n) is 12.1. The Morgan fingerprint density at radius 2 is 1.07 bits per heavy atom. The number of rotatable bonds is 20. The molecule has 162 valence electrons. The number of nitrogens with zero attached hydrogens (tertiary/aromatic N) is 1. The van der Waals surface area contributed by atoms with Crippen LogP contribution in [-0.2, 0) is 4.79 Å². The third kappa shape index (κ3) is 20.0. The lowest BCUT2D eigenvalue weighted by atomic mass is 10.0. The van der Waals surface area contributed by atoms with E-state index in [1.807, 2.05) is 0 Å². The zero-order valence-electron chi connectivity index (χ0n) is 19.3. The highest BCUT2D eigenvalue weighted by atomic mass is 16.1. The van der Waals surface area contributed by atoms with E-state index in [2.05, 4.69) is 33.3 Å². The molecule has 0 aromatic rings. The number of unbranched alkanes of at least 4 members (excludes halogenated alkanes) is 14. The van der Waals surface area contributed by atoms with E-state index in [1.54, 1.807) is 0 Å². The summed E-state index contributed by atoms with van der Waals surface area (Å²) in [5.41, 5.74) is 0. The van der Waals surface area contributed by atoms with Gasteiger partial charge in [-0.05, 0) is 13.3 Å². The molecule has 0 aliphatic carbocycles. The molecule has 3 nitrogen and oxygen atoms in total. The van der Waals surface area contributed by atoms with Crippen molar-refractivity contribution in [1.29, 1.82) is 0 Å². The second kappa shape index (κ2) is 18.8. The van der Waals surface area contributed by atoms with Crippen LogP contribution in [-0.4, -0.2) is 44.1 Å². The summed E-state index contributed by atoms with van der Waals surface area (Å²) in [5, 5.41) is 3.07. The zero-order chi connectivity index (χ0) is 20.2. The Morgan fingerprint density at radius 3 is 1.48 bits per heavy atom. The summed E-state index contributed by atoms with van der Waals surface area (Å²) in [6, 6.07) is 0. The minimum absolute atomic E-state index is 0.237. The van der Waals surface area contributed by atoms with Gasteiger partial charge in [-0.15, -0.1) is 0 Å². The smallest absolute Gasteiger partial charge is 0.220 e. The van der Waals surface area contributed by atoms with Crippen molar-refractivity contribution in [1.82, 2.24) is 5.32 Å². The van der Waals surface area contributed by atoms with Crippen molar-refractivity contribution in [2.24, 2.45) is 0 Å². The summed E-state index contributed by atoms with van der Waals surface area (Å²) in [6.45, 7) is 7.40. The maximum atomic E-state index is 11.8. The predicted molar refractivity (Wildman–Crippen MR) is 120 cm³/mol. The third-order valence-corrected chi connectivity index (χ3v) is 5.90. The molecule has 0 saturated carbocycles. The van der Waals surface area contributed by atoms with Crippen LogP contribution < -0.4 is 5.32 Å². The van der Waals surface area contributed by atoms with E-state index in [9.17, 15) is 4.79 Å². The van der Waals surface area contributed by atoms with E-state index >= 15 is 0 Å². The van der Waals surface area contributed by atoms with Gasteiger partial charge >= 0.3 is 0 Å². The molecule has 1 N–H and O–H groups in total. The number of quaternary nitrogens is 1. The molecule has 0 aliphatic heterocycles. The molecule has 0 atom stereocenters. The quantitative estimate of drug-likeness (QED) is 0.190. The number of likely N-dealkylation sites (N-methyl/N-ethyl adjacent to an activating group) is 1. The van der Waals surface area contributed by atoms with Crippen molar-refractivity contribution in [3.8, 4) is 0 Å². The average molecular weight is 384 g/mol. The number of hydrogen-bond acceptors (Lipinski definition) is 1. The van der Waals surface area contributed by atoms with Crippen molar-refractivity contribution in [3.05, 3.63) is 0 Å². The normalized spacial score (nSPS) is 11.7. The molecular formula is C24H51N2O+. The highest BCUT2D eigenvalue weighted by molar-refractivity contribution is 5.75. The van der Waals surface area contributed by atoms with E-state index in [1.165, 1.54) is 89.9 Å². The molecule has 0 aliphatic rings. The minimum Gasteiger partial charge on any atom is -0.350 e. The first-order valence-corrected chi connectivity index (χ1v) is 12.1. The Hall–Kier alpha value is -0.570. The van der Waals surface area contributed by atoms with Gasteiger partial charge in [-0.3, -0.25) is 4.79 Å². The van der Waals surface area contributed by atoms with Gasteiger partial charge in [0, 0.05) is 6.42 Å². The summed E-state index contributed by atoms with van der Waals surface area (Å²) in [6.07, 6.45) is 21.2. The Balaban J connectivity index is 3.21. The van der Waals surface area contributed by atoms with Gasteiger partial charge in [-0.25, -0.2) is 0 Å². The predicted octanol–water partition coefficient (Wildman–Crippen LogP) is 6.46. The van der Waals surface area contributed by atoms with Crippen LogP contribution in [0.1, 0.15) is 117 Å². The molecule has 0 heterocycles. The summed E-state index contributed by atoms with van der Waals surface area (Å²) < 4.78 is 0.971. The van der Waals surface area contributed by atoms with Gasteiger partial charge in [0.05, 0.1) is 33.7 Å². The molecule has 1 amide bonds. The summed E-state index contributed by atoms with van der Waals surface area (Å²) in [4.78, 5) is 11.8. The average Bonchev–Trinajstić information content (AvgIpc) is 2.64. The maximum Gasteiger partial charge on any atom is 0.220 e. The number of carbonyl (C=O) groups is 1. The minimum atomic E-state index is 0.237. The van der Waals surface area contributed by atoms with Crippen LogP contribution in [0.15, 0.2) is 0 Å². The molecule has 3 heteroatoms. The van der Waals surface area contributed by atoms with Crippen LogP contribution in [0, 0.1) is 0 Å². The second-order valence-electron chi connectivity index (χ2n) is 9.03. The molecule has 0 radical (unpaired) electrons. The van der Waals surface area contributed by atoms with Gasteiger partial charge in [0.1, 0.15) is 0 Å². The summed E-state index contributed by atoms with van der Waals surface area (Å²) >= 11 is 0. The van der Waals surface area contributed by atoms with Crippen molar-refractivity contribution >= 4 is 5.91 Å². The molecule has 0 saturated heterocycles. The van der Waals surface area contributed by atoms with Gasteiger partial charge in [0.25, 0.3) is 0 Å². The summed E-state index contributed by atoms with van der Waals surface area (Å²) in [5.74, 6) is 0.237. The van der Waals surface area contributed by atoms with Gasteiger partial charge < -0.3 is 9.80 Å². The molecular weight excluding hydrogens is 332 g/mol. The maximum absolute atomic E-state index is 11.8. The highest BCUT2D eigenvalue weighted by Gasteiger charge is 2.11. The van der Waals surface area contributed by atoms with Crippen molar-refractivity contribution in [2.45, 2.75) is 117 Å². The van der Waals surface area contributed by atoms with E-state index in [-0.39, 0.29) is 5.91 Å². The number of carbonyl (C=O) groups excluding carboxylic acids is 1. The third-order valence-electron chi connectivity index (χ3n) is 5.90. The van der Waals surface area contributed by atoms with Crippen LogP contribution in [0.2, 0.25) is 0 Å². The van der Waals surface area contributed by atoms with E-state index in [0.717, 1.165) is 30.5 Å². The van der Waals surface area contributed by atoms with Crippen LogP contribution in [0.25, 0.3) is 0 Å². The number of nitrogens with one attached hydrogen (secondary N) is 1. The van der Waals surface area contributed by atoms with E-state index < -0.39 is 0 Å². The molecule has 0 spiro atoms. The summed E-state index contributed by atoms with van der Waals surface area (Å²) in [7, 11) is 4.42. The largest absolute Gasteiger partial charge is 0.350 e. The van der Waals surface area contributed by atoms with Gasteiger partial charge in [0.2, 0.25) is 5.91 Å². The van der Waals surface area contributed by atoms with Gasteiger partial charge in [-0.1, -0.05) is 96.8 Å². The zero-order valence-corrected chi connectivity index (χ0v) is 19.3. The standard InChI is InChI=1S/C24H50N2O/c1-5-7-8-9-10-11-12-13-14-15-16-17-18-19-20-21-24(27)25-22-23-26(3,4)6-2/h5-23H2,1-4H3/p+1. The van der Waals surface area contributed by atoms with Gasteiger partial charge in [0.15, 0.2) is 0 Å². The Labute approximate surface area is 171 Å². The van der Waals surface area contributed by atoms with E-state index in [4.69, 9.17) is 0 Å². The van der Waals surface area contributed by atoms with Gasteiger partial charge in [-0.2, -0.15) is 0 Å². The first kappa shape index (κ1) is 26.4. The van der Waals surface area contributed by atoms with Crippen molar-refractivity contribution in [3.63, 3.8) is 0 Å². The first-order chi connectivity index (χ1) is 13.0. The molecule has 0 rings (SSSR count). The fourth-order valence-electron chi connectivity index (χ4n) is 3.40. The highest BCUT2D eigenvalue weighted by Crippen LogP contribution is 2.13. The molecule has 0 aromatic heterocycles. The molecule has 0 unspecified atom stereocenters. The lowest BCUT2D eigenvalue weighted by Crippen LogP contribution is -2.45. The number of hydrogen-bond donors (Lipinski definition) is 1. The lowest BCUT2D eigenvalue weighted by molar-refractivity contribution is -0.887. The molecule has 0 bridgehead atoms. The lowest BCUT2D eigenvalue weighted by Gasteiger charge is -2.28. The second-order valence-corrected chi connectivity index (χ2v) is 9.03. The Morgan fingerprint density at radius 1 is 0.667 bits per heavy atom. The van der Waals surface area contributed by atoms with Crippen LogP contribution in [0.4, 0.5) is 0 Å². The fraction of sp³-hybridized carbons (Fsp3) is 0.958. The molecule has 27 heavy (non-hydrogen) atoms. The fourth-order valence-corrected chi connectivity index (χ4v) is 3.40. The Bertz CT molecular complexity index is 328. The van der Waals surface area contributed by atoms with Crippen LogP contribution in [0.5, 0.6) is 0 Å². The van der Waals surface area contributed by atoms with Crippen LogP contribution >= 0.6 is 0 Å². The van der Waals surface area contributed by atoms with Crippen molar-refractivity contribution < 1.29 is 9.28 Å². The van der Waals surface area contributed by atoms with Crippen molar-refractivity contribution in [2.75, 3.05) is 33.7 Å². The monoisotopic (exact) mass is 383 g/mol. The van der Waals surface area contributed by atoms with Crippen LogP contribution in [0.3, 0.4) is 0 Å². The molecule has 0 fully saturated rings. The Kier molecular flexibility index (Phi) is 18.4. The topological polar surface area (TPSA) is 29.1 Å². The SMILES string of the molecule is CCCCCCCCCCCCCCCCCC(=O)NCC[N+](C)(C)CC.